The van der Waals surface area contributed by atoms with Gasteiger partial charge in [-0.2, -0.15) is 0 Å². The molecule has 0 aliphatic heterocycles. The first kappa shape index (κ1) is 80.6. The van der Waals surface area contributed by atoms with E-state index in [1.165, 1.54) is 283 Å². The molecule has 6 nitrogen and oxygen atoms in total. The molecule has 6 heteroatoms. The first-order chi connectivity index (χ1) is 41.0. The van der Waals surface area contributed by atoms with E-state index in [9.17, 15) is 14.4 Å². The smallest absolute Gasteiger partial charge is 0.306 e. The number of carbonyl (C=O) groups excluding carboxylic acids is 3. The molecule has 1 unspecified atom stereocenters. The molecule has 488 valence electrons. The fraction of sp³-hybridized carbons (Fsp3) is 0.883. The maximum absolute atomic E-state index is 13.0. The second-order valence-corrected chi connectivity index (χ2v) is 25.5. The maximum atomic E-state index is 13.0. The third kappa shape index (κ3) is 70.3. The van der Waals surface area contributed by atoms with Crippen LogP contribution in [0.3, 0.4) is 0 Å². The van der Waals surface area contributed by atoms with E-state index in [4.69, 9.17) is 14.2 Å². The molecule has 0 spiro atoms. The molecule has 0 aliphatic rings. The Bertz CT molecular complexity index is 1380. The number of unbranched alkanes of at least 4 members (excludes halogenated alkanes) is 53. The molecule has 0 rings (SSSR count). The molecule has 0 N–H and O–H groups in total. The molecule has 0 aliphatic carbocycles. The van der Waals surface area contributed by atoms with Crippen LogP contribution in [0, 0.1) is 0 Å². The molecule has 0 radical (unpaired) electrons. The van der Waals surface area contributed by atoms with Crippen molar-refractivity contribution in [3.8, 4) is 0 Å². The molecular formula is C77H144O6. The van der Waals surface area contributed by atoms with E-state index in [-0.39, 0.29) is 31.1 Å². The number of rotatable bonds is 70. The Morgan fingerprint density at radius 1 is 0.253 bits per heavy atom. The van der Waals surface area contributed by atoms with Gasteiger partial charge in [-0.05, 0) is 51.4 Å². The molecular weight excluding hydrogens is 1020 g/mol. The Kier molecular flexibility index (Phi) is 70.0. The predicted octanol–water partition coefficient (Wildman–Crippen LogP) is 25.9. The molecule has 0 amide bonds. The Morgan fingerprint density at radius 2 is 0.470 bits per heavy atom. The van der Waals surface area contributed by atoms with Gasteiger partial charge in [0.05, 0.1) is 0 Å². The largest absolute Gasteiger partial charge is 0.462 e. The average molecular weight is 1170 g/mol. The van der Waals surface area contributed by atoms with Gasteiger partial charge >= 0.3 is 17.9 Å². The van der Waals surface area contributed by atoms with E-state index in [0.717, 1.165) is 96.3 Å². The van der Waals surface area contributed by atoms with Crippen LogP contribution in [0.2, 0.25) is 0 Å². The van der Waals surface area contributed by atoms with Gasteiger partial charge in [0, 0.05) is 19.3 Å². The Labute approximate surface area is 518 Å². The van der Waals surface area contributed by atoms with Crippen molar-refractivity contribution >= 4 is 17.9 Å². The zero-order valence-electron chi connectivity index (χ0n) is 56.2. The average Bonchev–Trinajstić information content (AvgIpc) is 3.49. The highest BCUT2D eigenvalue weighted by Crippen LogP contribution is 2.20. The molecule has 1 atom stereocenters. The monoisotopic (exact) mass is 1170 g/mol. The summed E-state index contributed by atoms with van der Waals surface area (Å²) in [6.45, 7) is 6.60. The highest BCUT2D eigenvalue weighted by Gasteiger charge is 2.20. The second-order valence-electron chi connectivity index (χ2n) is 25.5. The van der Waals surface area contributed by atoms with Crippen LogP contribution < -0.4 is 0 Å². The van der Waals surface area contributed by atoms with Gasteiger partial charge in [-0.25, -0.2) is 0 Å². The molecule has 0 bridgehead atoms. The minimum Gasteiger partial charge on any atom is -0.462 e. The molecule has 0 aromatic rings. The fourth-order valence-electron chi connectivity index (χ4n) is 11.6. The van der Waals surface area contributed by atoms with Crippen LogP contribution in [0.15, 0.2) is 36.5 Å². The lowest BCUT2D eigenvalue weighted by atomic mass is 10.0. The van der Waals surface area contributed by atoms with Crippen LogP contribution in [0.1, 0.15) is 419 Å². The van der Waals surface area contributed by atoms with Crippen molar-refractivity contribution in [2.75, 3.05) is 13.2 Å². The number of ether oxygens (including phenoxy) is 3. The van der Waals surface area contributed by atoms with Crippen LogP contribution in [-0.2, 0) is 28.6 Å². The molecule has 83 heavy (non-hydrogen) atoms. The van der Waals surface area contributed by atoms with E-state index in [1.54, 1.807) is 0 Å². The lowest BCUT2D eigenvalue weighted by Crippen LogP contribution is -2.30. The third-order valence-electron chi connectivity index (χ3n) is 17.2. The lowest BCUT2D eigenvalue weighted by Gasteiger charge is -2.18. The van der Waals surface area contributed by atoms with Gasteiger partial charge in [0.2, 0.25) is 0 Å². The summed E-state index contributed by atoms with van der Waals surface area (Å²) in [6, 6.07) is 0. The topological polar surface area (TPSA) is 78.9 Å². The quantitative estimate of drug-likeness (QED) is 0.0261. The molecule has 0 saturated carbocycles. The number of carbonyl (C=O) groups is 3. The first-order valence-corrected chi connectivity index (χ1v) is 37.5. The van der Waals surface area contributed by atoms with Crippen LogP contribution in [0.4, 0.5) is 0 Å². The minimum atomic E-state index is -0.778. The van der Waals surface area contributed by atoms with Crippen LogP contribution >= 0.6 is 0 Å². The van der Waals surface area contributed by atoms with Crippen LogP contribution in [-0.4, -0.2) is 37.2 Å². The Morgan fingerprint density at radius 3 is 0.735 bits per heavy atom. The van der Waals surface area contributed by atoms with Gasteiger partial charge in [0.25, 0.3) is 0 Å². The number of allylic oxidation sites excluding steroid dienone is 6. The van der Waals surface area contributed by atoms with Gasteiger partial charge in [0.15, 0.2) is 6.10 Å². The SMILES string of the molecule is CC/C=C\C/C=C\C/C=C\CCCCCCCC(=O)OCC(COC(=O)CCCCCCCCCCCCCCCCCCCCCCCCCCCCCCC)OC(=O)CCCCCCCCCCCCCCCCCCCCCCC. The normalized spacial score (nSPS) is 12.2. The Balaban J connectivity index is 4.20. The molecule has 0 aromatic heterocycles. The summed E-state index contributed by atoms with van der Waals surface area (Å²) in [5.41, 5.74) is 0. The first-order valence-electron chi connectivity index (χ1n) is 37.5. The van der Waals surface area contributed by atoms with Gasteiger partial charge in [-0.1, -0.05) is 385 Å². The van der Waals surface area contributed by atoms with Gasteiger partial charge in [0.1, 0.15) is 13.2 Å². The third-order valence-corrected chi connectivity index (χ3v) is 17.2. The lowest BCUT2D eigenvalue weighted by molar-refractivity contribution is -0.167. The summed E-state index contributed by atoms with van der Waals surface area (Å²) in [6.07, 6.45) is 90.6. The summed E-state index contributed by atoms with van der Waals surface area (Å²) in [5.74, 6) is -0.856. The summed E-state index contributed by atoms with van der Waals surface area (Å²) >= 11 is 0. The Hall–Kier alpha value is -2.37. The number of hydrogen-bond acceptors (Lipinski definition) is 6. The van der Waals surface area contributed by atoms with Crippen LogP contribution in [0.25, 0.3) is 0 Å². The fourth-order valence-corrected chi connectivity index (χ4v) is 11.6. The summed E-state index contributed by atoms with van der Waals surface area (Å²) in [5, 5.41) is 0. The molecule has 0 aromatic carbocycles. The number of hydrogen-bond donors (Lipinski definition) is 0. The van der Waals surface area contributed by atoms with Crippen molar-refractivity contribution in [2.24, 2.45) is 0 Å². The second kappa shape index (κ2) is 72.1. The highest BCUT2D eigenvalue weighted by atomic mass is 16.6. The highest BCUT2D eigenvalue weighted by molar-refractivity contribution is 5.71. The molecule has 0 saturated heterocycles. The standard InChI is InChI=1S/C77H144O6/c1-4-7-10-13-16-19-22-25-28-30-32-34-35-36-37-38-39-40-41-43-44-46-49-52-55-58-61-64-67-70-76(79)82-73-74(72-81-75(78)69-66-63-60-57-54-51-48-27-24-21-18-15-12-9-6-3)83-77(80)71-68-65-62-59-56-53-50-47-45-42-33-31-29-26-23-20-17-14-11-8-5-2/h9,12,18,21,27,48,74H,4-8,10-11,13-17,19-20,22-26,28-47,49-73H2,1-3H3/b12-9-,21-18-,48-27-. The number of esters is 3. The van der Waals surface area contributed by atoms with Crippen molar-refractivity contribution in [1.29, 1.82) is 0 Å². The van der Waals surface area contributed by atoms with E-state index >= 15 is 0 Å². The molecule has 0 fully saturated rings. The van der Waals surface area contributed by atoms with Gasteiger partial charge < -0.3 is 14.2 Å². The van der Waals surface area contributed by atoms with Crippen molar-refractivity contribution in [1.82, 2.24) is 0 Å². The zero-order chi connectivity index (χ0) is 59.9. The van der Waals surface area contributed by atoms with E-state index in [2.05, 4.69) is 57.2 Å². The minimum absolute atomic E-state index is 0.0717. The summed E-state index contributed by atoms with van der Waals surface area (Å²) in [7, 11) is 0. The van der Waals surface area contributed by atoms with Crippen molar-refractivity contribution in [3.63, 3.8) is 0 Å². The van der Waals surface area contributed by atoms with Crippen LogP contribution in [0.5, 0.6) is 0 Å². The summed E-state index contributed by atoms with van der Waals surface area (Å²) in [4.78, 5) is 38.5. The van der Waals surface area contributed by atoms with E-state index in [1.807, 2.05) is 0 Å². The van der Waals surface area contributed by atoms with Crippen molar-refractivity contribution in [2.45, 2.75) is 425 Å². The van der Waals surface area contributed by atoms with E-state index in [0.29, 0.717) is 19.3 Å². The molecule has 0 heterocycles. The zero-order valence-corrected chi connectivity index (χ0v) is 56.2. The maximum Gasteiger partial charge on any atom is 0.306 e. The predicted molar refractivity (Wildman–Crippen MR) is 362 cm³/mol. The van der Waals surface area contributed by atoms with Gasteiger partial charge in [-0.3, -0.25) is 14.4 Å². The summed E-state index contributed by atoms with van der Waals surface area (Å²) < 4.78 is 17.0. The van der Waals surface area contributed by atoms with E-state index < -0.39 is 6.10 Å². The van der Waals surface area contributed by atoms with Crippen molar-refractivity contribution in [3.05, 3.63) is 36.5 Å². The van der Waals surface area contributed by atoms with Crippen molar-refractivity contribution < 1.29 is 28.6 Å². The van der Waals surface area contributed by atoms with Gasteiger partial charge in [-0.15, -0.1) is 0 Å².